The Bertz CT molecular complexity index is 516. The zero-order chi connectivity index (χ0) is 13.7. The van der Waals surface area contributed by atoms with E-state index in [4.69, 9.17) is 0 Å². The van der Waals surface area contributed by atoms with Gasteiger partial charge in [-0.3, -0.25) is 0 Å². The maximum atomic E-state index is 13.2. The van der Waals surface area contributed by atoms with E-state index in [1.807, 2.05) is 18.3 Å². The third-order valence-corrected chi connectivity index (χ3v) is 3.29. The molecule has 1 heterocycles. The second-order valence-electron chi connectivity index (χ2n) is 5.52. The highest BCUT2D eigenvalue weighted by molar-refractivity contribution is 5.80. The molecule has 0 saturated carbocycles. The third kappa shape index (κ3) is 4.06. The molecule has 0 aliphatic rings. The maximum Gasteiger partial charge on any atom is 0.125 e. The van der Waals surface area contributed by atoms with Crippen LogP contribution in [0.25, 0.3) is 10.9 Å². The largest absolute Gasteiger partial charge is 0.347 e. The highest BCUT2D eigenvalue weighted by Crippen LogP contribution is 2.17. The number of aryl methyl sites for hydroxylation is 1. The van der Waals surface area contributed by atoms with Gasteiger partial charge in [-0.05, 0) is 61.5 Å². The number of halogens is 1. The molecule has 19 heavy (non-hydrogen) atoms. The standard InChI is InChI=1S/C16H23FN2/c1-13(2)12-18-8-3-4-9-19-10-7-14-5-6-15(17)11-16(14)19/h5-7,10-11,13,18H,3-4,8-9,12H2,1-2H3. The van der Waals surface area contributed by atoms with Gasteiger partial charge in [-0.15, -0.1) is 0 Å². The molecule has 2 rings (SSSR count). The van der Waals surface area contributed by atoms with Gasteiger partial charge in [0.1, 0.15) is 5.82 Å². The number of benzene rings is 1. The topological polar surface area (TPSA) is 17.0 Å². The maximum absolute atomic E-state index is 13.2. The number of aromatic nitrogens is 1. The Labute approximate surface area is 114 Å². The molecule has 0 unspecified atom stereocenters. The molecular formula is C16H23FN2. The number of nitrogens with one attached hydrogen (secondary N) is 1. The first kappa shape index (κ1) is 14.1. The SMILES string of the molecule is CC(C)CNCCCCn1ccc2ccc(F)cc21. The lowest BCUT2D eigenvalue weighted by Gasteiger charge is -2.08. The van der Waals surface area contributed by atoms with Crippen molar-refractivity contribution in [3.63, 3.8) is 0 Å². The summed E-state index contributed by atoms with van der Waals surface area (Å²) in [6.45, 7) is 7.53. The number of hydrogen-bond donors (Lipinski definition) is 1. The molecule has 0 saturated heterocycles. The Morgan fingerprint density at radius 3 is 2.84 bits per heavy atom. The molecule has 1 N–H and O–H groups in total. The van der Waals surface area contributed by atoms with Gasteiger partial charge in [0, 0.05) is 12.7 Å². The van der Waals surface area contributed by atoms with Crippen LogP contribution in [0.1, 0.15) is 26.7 Å². The summed E-state index contributed by atoms with van der Waals surface area (Å²) < 4.78 is 15.4. The number of unbranched alkanes of at least 4 members (excludes halogenated alkanes) is 1. The minimum Gasteiger partial charge on any atom is -0.347 e. The van der Waals surface area contributed by atoms with Crippen molar-refractivity contribution in [3.05, 3.63) is 36.3 Å². The van der Waals surface area contributed by atoms with Crippen molar-refractivity contribution in [1.29, 1.82) is 0 Å². The predicted molar refractivity (Wildman–Crippen MR) is 78.8 cm³/mol. The van der Waals surface area contributed by atoms with Gasteiger partial charge in [0.2, 0.25) is 0 Å². The van der Waals surface area contributed by atoms with Crippen molar-refractivity contribution in [3.8, 4) is 0 Å². The van der Waals surface area contributed by atoms with E-state index in [1.54, 1.807) is 6.07 Å². The van der Waals surface area contributed by atoms with Crippen molar-refractivity contribution in [2.45, 2.75) is 33.2 Å². The molecule has 1 aromatic carbocycles. The fourth-order valence-electron chi connectivity index (χ4n) is 2.27. The predicted octanol–water partition coefficient (Wildman–Crippen LogP) is 3.81. The van der Waals surface area contributed by atoms with E-state index in [-0.39, 0.29) is 5.82 Å². The van der Waals surface area contributed by atoms with Crippen LogP contribution in [0.4, 0.5) is 4.39 Å². The van der Waals surface area contributed by atoms with E-state index in [2.05, 4.69) is 23.7 Å². The lowest BCUT2D eigenvalue weighted by atomic mass is 10.2. The number of hydrogen-bond acceptors (Lipinski definition) is 1. The molecule has 0 atom stereocenters. The summed E-state index contributed by atoms with van der Waals surface area (Å²) in [5.41, 5.74) is 0.995. The highest BCUT2D eigenvalue weighted by atomic mass is 19.1. The molecular weight excluding hydrogens is 239 g/mol. The Morgan fingerprint density at radius 1 is 1.21 bits per heavy atom. The Kier molecular flexibility index (Phi) is 4.97. The number of rotatable bonds is 7. The summed E-state index contributed by atoms with van der Waals surface area (Å²) in [5, 5.41) is 4.55. The van der Waals surface area contributed by atoms with Crippen molar-refractivity contribution in [2.75, 3.05) is 13.1 Å². The average molecular weight is 262 g/mol. The fraction of sp³-hybridized carbons (Fsp3) is 0.500. The van der Waals surface area contributed by atoms with Gasteiger partial charge in [-0.1, -0.05) is 13.8 Å². The van der Waals surface area contributed by atoms with Gasteiger partial charge < -0.3 is 9.88 Å². The first-order valence-corrected chi connectivity index (χ1v) is 7.12. The molecule has 0 spiro atoms. The second kappa shape index (κ2) is 6.71. The Morgan fingerprint density at radius 2 is 2.05 bits per heavy atom. The molecule has 2 nitrogen and oxygen atoms in total. The van der Waals surface area contributed by atoms with Crippen LogP contribution in [0.3, 0.4) is 0 Å². The van der Waals surface area contributed by atoms with Crippen LogP contribution in [0, 0.1) is 11.7 Å². The van der Waals surface area contributed by atoms with Crippen LogP contribution in [-0.2, 0) is 6.54 Å². The fourth-order valence-corrected chi connectivity index (χ4v) is 2.27. The Hall–Kier alpha value is -1.35. The summed E-state index contributed by atoms with van der Waals surface area (Å²) >= 11 is 0. The van der Waals surface area contributed by atoms with Crippen molar-refractivity contribution in [1.82, 2.24) is 9.88 Å². The van der Waals surface area contributed by atoms with Crippen LogP contribution < -0.4 is 5.32 Å². The summed E-state index contributed by atoms with van der Waals surface area (Å²) in [6, 6.07) is 7.02. The lowest BCUT2D eigenvalue weighted by molar-refractivity contribution is 0.522. The molecule has 0 aliphatic carbocycles. The minimum atomic E-state index is -0.161. The van der Waals surface area contributed by atoms with Crippen molar-refractivity contribution in [2.24, 2.45) is 5.92 Å². The van der Waals surface area contributed by atoms with Crippen LogP contribution in [-0.4, -0.2) is 17.7 Å². The van der Waals surface area contributed by atoms with E-state index in [0.717, 1.165) is 43.4 Å². The van der Waals surface area contributed by atoms with E-state index in [9.17, 15) is 4.39 Å². The minimum absolute atomic E-state index is 0.161. The lowest BCUT2D eigenvalue weighted by Crippen LogP contribution is -2.20. The molecule has 0 bridgehead atoms. The molecule has 0 amide bonds. The number of fused-ring (bicyclic) bond motifs is 1. The summed E-state index contributed by atoms with van der Waals surface area (Å²) in [7, 11) is 0. The number of nitrogens with zero attached hydrogens (tertiary/aromatic N) is 1. The smallest absolute Gasteiger partial charge is 0.125 e. The summed E-state index contributed by atoms with van der Waals surface area (Å²) in [5.74, 6) is 0.544. The van der Waals surface area contributed by atoms with E-state index < -0.39 is 0 Å². The summed E-state index contributed by atoms with van der Waals surface area (Å²) in [4.78, 5) is 0. The first-order valence-electron chi connectivity index (χ1n) is 7.12. The normalized spacial score (nSPS) is 11.6. The van der Waals surface area contributed by atoms with E-state index >= 15 is 0 Å². The van der Waals surface area contributed by atoms with Crippen molar-refractivity contribution >= 4 is 10.9 Å². The molecule has 2 aromatic rings. The molecule has 1 aromatic heterocycles. The summed E-state index contributed by atoms with van der Waals surface area (Å²) in [6.07, 6.45) is 4.32. The van der Waals surface area contributed by atoms with Gasteiger partial charge in [-0.25, -0.2) is 4.39 Å². The van der Waals surface area contributed by atoms with Crippen LogP contribution in [0.15, 0.2) is 30.5 Å². The van der Waals surface area contributed by atoms with Gasteiger partial charge in [0.05, 0.1) is 5.52 Å². The zero-order valence-electron chi connectivity index (χ0n) is 11.8. The van der Waals surface area contributed by atoms with E-state index in [0.29, 0.717) is 5.92 Å². The third-order valence-electron chi connectivity index (χ3n) is 3.29. The van der Waals surface area contributed by atoms with Gasteiger partial charge >= 0.3 is 0 Å². The monoisotopic (exact) mass is 262 g/mol. The molecule has 0 fully saturated rings. The van der Waals surface area contributed by atoms with Crippen LogP contribution in [0.5, 0.6) is 0 Å². The van der Waals surface area contributed by atoms with Crippen LogP contribution >= 0.6 is 0 Å². The second-order valence-corrected chi connectivity index (χ2v) is 5.52. The van der Waals surface area contributed by atoms with Gasteiger partial charge in [0.25, 0.3) is 0 Å². The van der Waals surface area contributed by atoms with Gasteiger partial charge in [-0.2, -0.15) is 0 Å². The zero-order valence-corrected chi connectivity index (χ0v) is 11.8. The molecule has 0 aliphatic heterocycles. The quantitative estimate of drug-likeness (QED) is 0.751. The van der Waals surface area contributed by atoms with Crippen LogP contribution in [0.2, 0.25) is 0 Å². The molecule has 104 valence electrons. The van der Waals surface area contributed by atoms with E-state index in [1.165, 1.54) is 6.07 Å². The molecule has 3 heteroatoms. The van der Waals surface area contributed by atoms with Crippen molar-refractivity contribution < 1.29 is 4.39 Å². The van der Waals surface area contributed by atoms with Gasteiger partial charge in [0.15, 0.2) is 0 Å². The Balaban J connectivity index is 1.80. The molecule has 0 radical (unpaired) electrons. The highest BCUT2D eigenvalue weighted by Gasteiger charge is 2.02. The first-order chi connectivity index (χ1) is 9.16. The average Bonchev–Trinajstić information content (AvgIpc) is 2.76.